The van der Waals surface area contributed by atoms with Crippen LogP contribution in [0, 0.1) is 5.92 Å². The van der Waals surface area contributed by atoms with Gasteiger partial charge in [0.15, 0.2) is 0 Å². The van der Waals surface area contributed by atoms with Crippen molar-refractivity contribution < 1.29 is 9.90 Å². The fourth-order valence-corrected chi connectivity index (χ4v) is 2.03. The minimum atomic E-state index is -0.236. The van der Waals surface area contributed by atoms with Gasteiger partial charge in [-0.1, -0.05) is 37.6 Å². The number of carbonyl (C=O) groups is 1. The molecule has 1 rings (SSSR count). The van der Waals surface area contributed by atoms with Crippen molar-refractivity contribution in [1.82, 2.24) is 5.32 Å². The molecule has 0 aliphatic carbocycles. The van der Waals surface area contributed by atoms with Crippen LogP contribution in [0.2, 0.25) is 5.02 Å². The fourth-order valence-electron chi connectivity index (χ4n) is 1.83. The second-order valence-electron chi connectivity index (χ2n) is 4.29. The van der Waals surface area contributed by atoms with Gasteiger partial charge in [0.25, 0.3) is 0 Å². The Hall–Kier alpha value is -1.06. The van der Waals surface area contributed by atoms with Crippen LogP contribution in [-0.4, -0.2) is 24.2 Å². The monoisotopic (exact) mass is 255 g/mol. The van der Waals surface area contributed by atoms with Crippen LogP contribution in [0.15, 0.2) is 24.3 Å². The van der Waals surface area contributed by atoms with Crippen LogP contribution in [-0.2, 0) is 4.79 Å². The minimum Gasteiger partial charge on any atom is -0.395 e. The third kappa shape index (κ3) is 4.02. The number of carbonyl (C=O) groups excluding carboxylic acids is 1. The van der Waals surface area contributed by atoms with Crippen molar-refractivity contribution in [2.45, 2.75) is 19.8 Å². The number of hydrogen-bond donors (Lipinski definition) is 2. The first-order valence-electron chi connectivity index (χ1n) is 5.70. The maximum atomic E-state index is 12.0. The molecular formula is C13H18ClNO2. The zero-order valence-corrected chi connectivity index (χ0v) is 10.9. The molecule has 0 spiro atoms. The van der Waals surface area contributed by atoms with Gasteiger partial charge >= 0.3 is 0 Å². The predicted octanol–water partition coefficient (Wildman–Crippen LogP) is 2.19. The normalized spacial score (nSPS) is 12.5. The standard InChI is InChI=1S/C13H18ClNO2/c1-9(2)12(13(17)15-6-7-16)10-4-3-5-11(14)8-10/h3-5,8-9,12,16H,6-7H2,1-2H3,(H,15,17). The van der Waals surface area contributed by atoms with Crippen molar-refractivity contribution in [3.05, 3.63) is 34.9 Å². The Morgan fingerprint density at radius 1 is 1.47 bits per heavy atom. The number of halogens is 1. The van der Waals surface area contributed by atoms with Gasteiger partial charge in [-0.25, -0.2) is 0 Å². The summed E-state index contributed by atoms with van der Waals surface area (Å²) in [7, 11) is 0. The maximum Gasteiger partial charge on any atom is 0.227 e. The number of aliphatic hydroxyl groups excluding tert-OH is 1. The largest absolute Gasteiger partial charge is 0.395 e. The molecule has 0 bridgehead atoms. The van der Waals surface area contributed by atoms with Gasteiger partial charge in [0.2, 0.25) is 5.91 Å². The van der Waals surface area contributed by atoms with Crippen LogP contribution < -0.4 is 5.32 Å². The fraction of sp³-hybridized carbons (Fsp3) is 0.462. The molecular weight excluding hydrogens is 238 g/mol. The highest BCUT2D eigenvalue weighted by Crippen LogP contribution is 2.26. The first kappa shape index (κ1) is 14.0. The first-order chi connectivity index (χ1) is 8.06. The van der Waals surface area contributed by atoms with Crippen LogP contribution in [0.1, 0.15) is 25.3 Å². The van der Waals surface area contributed by atoms with E-state index in [2.05, 4.69) is 5.32 Å². The van der Waals surface area contributed by atoms with E-state index in [4.69, 9.17) is 16.7 Å². The van der Waals surface area contributed by atoms with E-state index in [0.717, 1.165) is 5.56 Å². The lowest BCUT2D eigenvalue weighted by atomic mass is 9.87. The zero-order chi connectivity index (χ0) is 12.8. The van der Waals surface area contributed by atoms with Crippen molar-refractivity contribution >= 4 is 17.5 Å². The molecule has 0 fully saturated rings. The van der Waals surface area contributed by atoms with Gasteiger partial charge in [-0.15, -0.1) is 0 Å². The number of aliphatic hydroxyl groups is 1. The quantitative estimate of drug-likeness (QED) is 0.847. The molecule has 0 saturated heterocycles. The zero-order valence-electron chi connectivity index (χ0n) is 10.1. The highest BCUT2D eigenvalue weighted by atomic mass is 35.5. The molecule has 0 heterocycles. The highest BCUT2D eigenvalue weighted by molar-refractivity contribution is 6.30. The second-order valence-corrected chi connectivity index (χ2v) is 4.73. The van der Waals surface area contributed by atoms with Crippen molar-refractivity contribution in [2.75, 3.05) is 13.2 Å². The van der Waals surface area contributed by atoms with Crippen molar-refractivity contribution in [2.24, 2.45) is 5.92 Å². The van der Waals surface area contributed by atoms with E-state index in [-0.39, 0.29) is 30.9 Å². The summed E-state index contributed by atoms with van der Waals surface area (Å²) in [6, 6.07) is 7.33. The molecule has 94 valence electrons. The van der Waals surface area contributed by atoms with E-state index in [0.29, 0.717) is 5.02 Å². The van der Waals surface area contributed by atoms with E-state index < -0.39 is 0 Å². The molecule has 1 aromatic carbocycles. The van der Waals surface area contributed by atoms with E-state index in [1.807, 2.05) is 32.0 Å². The summed E-state index contributed by atoms with van der Waals surface area (Å²) in [5, 5.41) is 12.0. The van der Waals surface area contributed by atoms with Gasteiger partial charge in [-0.05, 0) is 23.6 Å². The van der Waals surface area contributed by atoms with Crippen molar-refractivity contribution in [3.63, 3.8) is 0 Å². The lowest BCUT2D eigenvalue weighted by Gasteiger charge is -2.20. The Kier molecular flexibility index (Phi) is 5.45. The summed E-state index contributed by atoms with van der Waals surface area (Å²) in [4.78, 5) is 12.0. The SMILES string of the molecule is CC(C)C(C(=O)NCCO)c1cccc(Cl)c1. The smallest absolute Gasteiger partial charge is 0.227 e. The summed E-state index contributed by atoms with van der Waals surface area (Å²) in [6.45, 7) is 4.21. The van der Waals surface area contributed by atoms with Gasteiger partial charge in [0, 0.05) is 11.6 Å². The molecule has 1 amide bonds. The molecule has 0 aliphatic rings. The Morgan fingerprint density at radius 2 is 2.18 bits per heavy atom. The van der Waals surface area contributed by atoms with Crippen LogP contribution in [0.25, 0.3) is 0 Å². The molecule has 2 N–H and O–H groups in total. The van der Waals surface area contributed by atoms with Gasteiger partial charge in [-0.2, -0.15) is 0 Å². The molecule has 0 aliphatic heterocycles. The van der Waals surface area contributed by atoms with Gasteiger partial charge < -0.3 is 10.4 Å². The summed E-state index contributed by atoms with van der Waals surface area (Å²) >= 11 is 5.93. The first-order valence-corrected chi connectivity index (χ1v) is 6.08. The molecule has 0 saturated carbocycles. The third-order valence-corrected chi connectivity index (χ3v) is 2.80. The van der Waals surface area contributed by atoms with Gasteiger partial charge in [0.05, 0.1) is 12.5 Å². The van der Waals surface area contributed by atoms with Gasteiger partial charge in [0.1, 0.15) is 0 Å². The molecule has 1 unspecified atom stereocenters. The summed E-state index contributed by atoms with van der Waals surface area (Å²) in [6.07, 6.45) is 0. The number of hydrogen-bond acceptors (Lipinski definition) is 2. The van der Waals surface area contributed by atoms with Crippen molar-refractivity contribution in [1.29, 1.82) is 0 Å². The number of nitrogens with one attached hydrogen (secondary N) is 1. The van der Waals surface area contributed by atoms with E-state index in [1.54, 1.807) is 6.07 Å². The van der Waals surface area contributed by atoms with E-state index >= 15 is 0 Å². The molecule has 0 aromatic heterocycles. The number of amides is 1. The van der Waals surface area contributed by atoms with Crippen LogP contribution >= 0.6 is 11.6 Å². The summed E-state index contributed by atoms with van der Waals surface area (Å²) in [5.41, 5.74) is 0.905. The Balaban J connectivity index is 2.89. The van der Waals surface area contributed by atoms with Crippen LogP contribution in [0.3, 0.4) is 0 Å². The Bertz CT molecular complexity index is 379. The number of rotatable bonds is 5. The topological polar surface area (TPSA) is 49.3 Å². The van der Waals surface area contributed by atoms with Crippen LogP contribution in [0.5, 0.6) is 0 Å². The molecule has 1 aromatic rings. The van der Waals surface area contributed by atoms with Gasteiger partial charge in [-0.3, -0.25) is 4.79 Å². The Labute approximate surface area is 107 Å². The Morgan fingerprint density at radius 3 is 2.71 bits per heavy atom. The minimum absolute atomic E-state index is 0.0495. The molecule has 3 nitrogen and oxygen atoms in total. The van der Waals surface area contributed by atoms with Crippen LogP contribution in [0.4, 0.5) is 0 Å². The third-order valence-electron chi connectivity index (χ3n) is 2.57. The molecule has 17 heavy (non-hydrogen) atoms. The van der Waals surface area contributed by atoms with E-state index in [1.165, 1.54) is 0 Å². The lowest BCUT2D eigenvalue weighted by Crippen LogP contribution is -2.33. The summed E-state index contributed by atoms with van der Waals surface area (Å²) < 4.78 is 0. The second kappa shape index (κ2) is 6.62. The average molecular weight is 256 g/mol. The summed E-state index contributed by atoms with van der Waals surface area (Å²) in [5.74, 6) is -0.135. The average Bonchev–Trinajstić information content (AvgIpc) is 2.26. The highest BCUT2D eigenvalue weighted by Gasteiger charge is 2.23. The molecule has 0 radical (unpaired) electrons. The molecule has 1 atom stereocenters. The van der Waals surface area contributed by atoms with E-state index in [9.17, 15) is 4.79 Å². The lowest BCUT2D eigenvalue weighted by molar-refractivity contribution is -0.123. The number of benzene rings is 1. The molecule has 4 heteroatoms. The predicted molar refractivity (Wildman–Crippen MR) is 69.1 cm³/mol. The van der Waals surface area contributed by atoms with Crippen molar-refractivity contribution in [3.8, 4) is 0 Å². The maximum absolute atomic E-state index is 12.0.